The third kappa shape index (κ3) is 3.75. The zero-order valence-electron chi connectivity index (χ0n) is 13.1. The largest absolute Gasteiger partial charge is 0.478 e. The van der Waals surface area contributed by atoms with Gasteiger partial charge in [0.15, 0.2) is 0 Å². The number of carbonyl (C=O) groups excluding carboxylic acids is 1. The van der Waals surface area contributed by atoms with Crippen molar-refractivity contribution in [1.82, 2.24) is 4.98 Å². The van der Waals surface area contributed by atoms with E-state index in [4.69, 9.17) is 7.85 Å². The lowest BCUT2D eigenvalue weighted by Gasteiger charge is -2.10. The average Bonchev–Trinajstić information content (AvgIpc) is 2.62. The molecule has 5 nitrogen and oxygen atoms in total. The van der Waals surface area contributed by atoms with E-state index in [9.17, 15) is 14.7 Å². The normalized spacial score (nSPS) is 10.2. The molecule has 0 fully saturated rings. The van der Waals surface area contributed by atoms with Crippen molar-refractivity contribution in [2.45, 2.75) is 0 Å². The van der Waals surface area contributed by atoms with Crippen LogP contribution in [0.15, 0.2) is 67.0 Å². The molecule has 0 aliphatic rings. The lowest BCUT2D eigenvalue weighted by molar-refractivity contribution is 0.0698. The number of hydrogen-bond acceptors (Lipinski definition) is 3. The molecular formula is C19H13BN2O3. The molecule has 25 heavy (non-hydrogen) atoms. The second kappa shape index (κ2) is 7.01. The minimum atomic E-state index is -1.15. The fraction of sp³-hybridized carbons (Fsp3) is 0. The van der Waals surface area contributed by atoms with Gasteiger partial charge in [0, 0.05) is 18.0 Å². The molecule has 0 saturated carbocycles. The van der Waals surface area contributed by atoms with Crippen molar-refractivity contribution in [3.63, 3.8) is 0 Å². The number of carboxylic acid groups (broad SMARTS) is 1. The highest BCUT2D eigenvalue weighted by Gasteiger charge is 2.14. The van der Waals surface area contributed by atoms with E-state index >= 15 is 0 Å². The van der Waals surface area contributed by atoms with Gasteiger partial charge >= 0.3 is 5.97 Å². The van der Waals surface area contributed by atoms with E-state index < -0.39 is 11.9 Å². The monoisotopic (exact) mass is 328 g/mol. The van der Waals surface area contributed by atoms with Crippen molar-refractivity contribution < 1.29 is 14.7 Å². The summed E-state index contributed by atoms with van der Waals surface area (Å²) in [5.74, 6) is -1.61. The first-order valence-electron chi connectivity index (χ1n) is 7.49. The summed E-state index contributed by atoms with van der Waals surface area (Å²) in [6, 6.07) is 15.5. The summed E-state index contributed by atoms with van der Waals surface area (Å²) in [5.41, 5.74) is 2.51. The van der Waals surface area contributed by atoms with Crippen molar-refractivity contribution in [3.05, 3.63) is 78.1 Å². The molecule has 0 aliphatic carbocycles. The van der Waals surface area contributed by atoms with Crippen LogP contribution in [-0.4, -0.2) is 29.8 Å². The van der Waals surface area contributed by atoms with Gasteiger partial charge in [-0.05, 0) is 23.8 Å². The fourth-order valence-corrected chi connectivity index (χ4v) is 2.40. The predicted molar refractivity (Wildman–Crippen MR) is 96.4 cm³/mol. The summed E-state index contributed by atoms with van der Waals surface area (Å²) < 4.78 is 0. The molecule has 0 atom stereocenters. The van der Waals surface area contributed by atoms with Gasteiger partial charge in [-0.2, -0.15) is 0 Å². The summed E-state index contributed by atoms with van der Waals surface area (Å²) in [6.07, 6.45) is 3.09. The highest BCUT2D eigenvalue weighted by molar-refractivity contribution is 6.33. The Balaban J connectivity index is 1.90. The molecule has 1 aromatic heterocycles. The lowest BCUT2D eigenvalue weighted by atomic mass is 9.94. The van der Waals surface area contributed by atoms with Crippen molar-refractivity contribution in [2.24, 2.45) is 0 Å². The van der Waals surface area contributed by atoms with Crippen molar-refractivity contribution >= 4 is 30.9 Å². The van der Waals surface area contributed by atoms with Crippen molar-refractivity contribution in [1.29, 1.82) is 0 Å². The number of nitrogens with one attached hydrogen (secondary N) is 1. The zero-order chi connectivity index (χ0) is 17.8. The Morgan fingerprint density at radius 2 is 1.72 bits per heavy atom. The van der Waals surface area contributed by atoms with Gasteiger partial charge in [-0.25, -0.2) is 4.79 Å². The van der Waals surface area contributed by atoms with E-state index in [1.807, 2.05) is 30.3 Å². The van der Waals surface area contributed by atoms with E-state index in [2.05, 4.69) is 10.3 Å². The van der Waals surface area contributed by atoms with Crippen molar-refractivity contribution in [3.8, 4) is 11.1 Å². The maximum atomic E-state index is 12.5. The van der Waals surface area contributed by atoms with Crippen LogP contribution in [0.5, 0.6) is 0 Å². The van der Waals surface area contributed by atoms with Crippen LogP contribution in [0.4, 0.5) is 5.69 Å². The molecule has 3 aromatic rings. The molecule has 3 rings (SSSR count). The summed E-state index contributed by atoms with van der Waals surface area (Å²) >= 11 is 0. The van der Waals surface area contributed by atoms with Crippen LogP contribution >= 0.6 is 0 Å². The van der Waals surface area contributed by atoms with E-state index in [1.54, 1.807) is 12.3 Å². The molecule has 120 valence electrons. The van der Waals surface area contributed by atoms with Crippen LogP contribution in [0.3, 0.4) is 0 Å². The quantitative estimate of drug-likeness (QED) is 0.721. The van der Waals surface area contributed by atoms with Gasteiger partial charge in [-0.15, -0.1) is 0 Å². The van der Waals surface area contributed by atoms with Crippen LogP contribution in [0.1, 0.15) is 20.7 Å². The van der Waals surface area contributed by atoms with E-state index in [-0.39, 0.29) is 11.3 Å². The molecule has 0 saturated heterocycles. The number of benzene rings is 2. The molecule has 0 unspecified atom stereocenters. The summed E-state index contributed by atoms with van der Waals surface area (Å²) in [5, 5.41) is 11.8. The number of anilines is 1. The number of nitrogens with zero attached hydrogens (tertiary/aromatic N) is 1. The second-order valence-corrected chi connectivity index (χ2v) is 5.39. The molecule has 0 aliphatic heterocycles. The fourth-order valence-electron chi connectivity index (χ4n) is 2.40. The van der Waals surface area contributed by atoms with Crippen molar-refractivity contribution in [2.75, 3.05) is 5.32 Å². The minimum Gasteiger partial charge on any atom is -0.478 e. The maximum Gasteiger partial charge on any atom is 0.337 e. The number of hydrogen-bond donors (Lipinski definition) is 2. The molecule has 1 heterocycles. The van der Waals surface area contributed by atoms with Gasteiger partial charge < -0.3 is 10.4 Å². The molecule has 2 N–H and O–H groups in total. The first-order valence-corrected chi connectivity index (χ1v) is 7.49. The second-order valence-electron chi connectivity index (χ2n) is 5.39. The number of carbonyl (C=O) groups is 2. The molecule has 2 aromatic carbocycles. The molecule has 6 heteroatoms. The Bertz CT molecular complexity index is 942. The highest BCUT2D eigenvalue weighted by Crippen LogP contribution is 2.20. The predicted octanol–water partition coefficient (Wildman–Crippen LogP) is 2.49. The third-order valence-electron chi connectivity index (χ3n) is 3.63. The molecule has 0 bridgehead atoms. The summed E-state index contributed by atoms with van der Waals surface area (Å²) in [4.78, 5) is 27.9. The maximum absolute atomic E-state index is 12.5. The van der Waals surface area contributed by atoms with Gasteiger partial charge in [0.05, 0.1) is 16.8 Å². The van der Waals surface area contributed by atoms with E-state index in [0.717, 1.165) is 11.1 Å². The first kappa shape index (κ1) is 16.5. The smallest absolute Gasteiger partial charge is 0.337 e. The third-order valence-corrected chi connectivity index (χ3v) is 3.63. The minimum absolute atomic E-state index is 0.0327. The average molecular weight is 328 g/mol. The van der Waals surface area contributed by atoms with Crippen LogP contribution < -0.4 is 10.8 Å². The zero-order valence-corrected chi connectivity index (χ0v) is 13.1. The van der Waals surface area contributed by atoms with Gasteiger partial charge in [-0.1, -0.05) is 41.9 Å². The highest BCUT2D eigenvalue weighted by atomic mass is 16.4. The summed E-state index contributed by atoms with van der Waals surface area (Å²) in [7, 11) is 5.69. The Kier molecular flexibility index (Phi) is 4.61. The molecule has 1 amide bonds. The number of aromatic carboxylic acids is 1. The number of rotatable bonds is 4. The van der Waals surface area contributed by atoms with Gasteiger partial charge in [0.1, 0.15) is 7.85 Å². The van der Waals surface area contributed by atoms with Crippen LogP contribution in [0, 0.1) is 0 Å². The van der Waals surface area contributed by atoms with Crippen LogP contribution in [0.2, 0.25) is 0 Å². The summed E-state index contributed by atoms with van der Waals surface area (Å²) in [6.45, 7) is 0. The van der Waals surface area contributed by atoms with Gasteiger partial charge in [0.2, 0.25) is 0 Å². The Hall–Kier alpha value is -3.41. The van der Waals surface area contributed by atoms with Gasteiger partial charge in [0.25, 0.3) is 5.91 Å². The van der Waals surface area contributed by atoms with Gasteiger partial charge in [-0.3, -0.25) is 9.78 Å². The topological polar surface area (TPSA) is 79.3 Å². The lowest BCUT2D eigenvalue weighted by Crippen LogP contribution is -2.17. The number of amides is 1. The van der Waals surface area contributed by atoms with Crippen LogP contribution in [0.25, 0.3) is 11.1 Å². The Labute approximate surface area is 145 Å². The molecular weight excluding hydrogens is 315 g/mol. The molecule has 0 spiro atoms. The Morgan fingerprint density at radius 3 is 2.44 bits per heavy atom. The van der Waals surface area contributed by atoms with E-state index in [0.29, 0.717) is 11.0 Å². The number of aromatic nitrogens is 1. The Morgan fingerprint density at radius 1 is 0.960 bits per heavy atom. The first-order chi connectivity index (χ1) is 12.0. The number of pyridine rings is 1. The van der Waals surface area contributed by atoms with E-state index in [1.165, 1.54) is 24.4 Å². The van der Waals surface area contributed by atoms with Crippen LogP contribution in [-0.2, 0) is 0 Å². The molecule has 2 radical (unpaired) electrons. The standard InChI is InChI=1S/C19H13BN2O3/c20-15-6-7-16(19(24)25)17(9-15)22-18(23)14-8-13(10-21-11-14)12-4-2-1-3-5-12/h1-11H,(H,22,23)(H,24,25). The SMILES string of the molecule is [B]c1ccc(C(=O)O)c(NC(=O)c2cncc(-c3ccccc3)c2)c1. The number of carboxylic acids is 1.